The number of aromatic hydroxyl groups is 2. The number of hydrogen-bond donors (Lipinski definition) is 4. The number of carboxylic acid groups (broad SMARTS) is 1. The van der Waals surface area contributed by atoms with E-state index >= 15 is 0 Å². The van der Waals surface area contributed by atoms with Gasteiger partial charge in [-0.25, -0.2) is 4.79 Å². The van der Waals surface area contributed by atoms with Crippen molar-refractivity contribution < 1.29 is 20.1 Å². The molecule has 0 aromatic heterocycles. The second kappa shape index (κ2) is 6.15. The molecule has 0 aliphatic heterocycles. The Morgan fingerprint density at radius 2 is 1.56 bits per heavy atom. The van der Waals surface area contributed by atoms with Crippen LogP contribution >= 0.6 is 0 Å². The second-order valence-corrected chi connectivity index (χ2v) is 3.39. The predicted octanol–water partition coefficient (Wildman–Crippen LogP) is 2.06. The van der Waals surface area contributed by atoms with E-state index in [0.29, 0.717) is 5.56 Å². The number of phenolic OH excluding ortho intramolecular Hbond substituents is 2. The first-order valence-electron chi connectivity index (χ1n) is 5.07. The fourth-order valence-electron chi connectivity index (χ4n) is 1.13. The van der Waals surface area contributed by atoms with E-state index in [1.165, 1.54) is 12.1 Å². The van der Waals surface area contributed by atoms with Crippen LogP contribution in [-0.2, 0) is 0 Å². The molecular weight excluding hydrogens is 234 g/mol. The molecular formula is C13H13NO4. The van der Waals surface area contributed by atoms with Crippen LogP contribution in [0.1, 0.15) is 10.4 Å². The molecule has 0 amide bonds. The first-order chi connectivity index (χ1) is 8.52. The van der Waals surface area contributed by atoms with Gasteiger partial charge in [-0.3, -0.25) is 0 Å². The van der Waals surface area contributed by atoms with Crippen molar-refractivity contribution in [2.75, 3.05) is 5.73 Å². The number of anilines is 1. The second-order valence-electron chi connectivity index (χ2n) is 3.39. The lowest BCUT2D eigenvalue weighted by Crippen LogP contribution is -1.93. The standard InChI is InChI=1S/C7H6O2.C6H7NO2/c8-7(9)6-4-2-1-3-5-6;7-4-2-1-3-5(8)6(4)9/h1-5H,(H,8,9);1-3,8-9H,7H2. The van der Waals surface area contributed by atoms with Gasteiger partial charge < -0.3 is 21.1 Å². The highest BCUT2D eigenvalue weighted by atomic mass is 16.4. The van der Waals surface area contributed by atoms with Gasteiger partial charge in [0.2, 0.25) is 0 Å². The van der Waals surface area contributed by atoms with Crippen molar-refractivity contribution >= 4 is 11.7 Å². The van der Waals surface area contributed by atoms with E-state index < -0.39 is 5.97 Å². The summed E-state index contributed by atoms with van der Waals surface area (Å²) in [4.78, 5) is 10.2. The third-order valence-electron chi connectivity index (χ3n) is 2.07. The van der Waals surface area contributed by atoms with Crippen LogP contribution < -0.4 is 5.73 Å². The summed E-state index contributed by atoms with van der Waals surface area (Å²) in [6.07, 6.45) is 0. The van der Waals surface area contributed by atoms with Crippen LogP contribution in [0.5, 0.6) is 11.5 Å². The highest BCUT2D eigenvalue weighted by molar-refractivity contribution is 5.87. The molecule has 0 aliphatic rings. The maximum absolute atomic E-state index is 10.2. The summed E-state index contributed by atoms with van der Waals surface area (Å²) < 4.78 is 0. The van der Waals surface area contributed by atoms with Gasteiger partial charge in [-0.2, -0.15) is 0 Å². The molecule has 0 atom stereocenters. The van der Waals surface area contributed by atoms with Crippen LogP contribution in [0.3, 0.4) is 0 Å². The van der Waals surface area contributed by atoms with E-state index in [1.54, 1.807) is 36.4 Å². The van der Waals surface area contributed by atoms with Gasteiger partial charge in [-0.15, -0.1) is 0 Å². The Kier molecular flexibility index (Phi) is 4.57. The van der Waals surface area contributed by atoms with Gasteiger partial charge in [0.15, 0.2) is 11.5 Å². The van der Waals surface area contributed by atoms with Crippen LogP contribution in [-0.4, -0.2) is 21.3 Å². The Labute approximate surface area is 104 Å². The van der Waals surface area contributed by atoms with Crippen LogP contribution in [0.4, 0.5) is 5.69 Å². The summed E-state index contributed by atoms with van der Waals surface area (Å²) in [7, 11) is 0. The summed E-state index contributed by atoms with van der Waals surface area (Å²) in [5.74, 6) is -1.32. The first kappa shape index (κ1) is 13.4. The van der Waals surface area contributed by atoms with Crippen molar-refractivity contribution in [3.05, 3.63) is 54.1 Å². The largest absolute Gasteiger partial charge is 0.504 e. The Morgan fingerprint density at radius 3 is 1.94 bits per heavy atom. The summed E-state index contributed by atoms with van der Waals surface area (Å²) >= 11 is 0. The van der Waals surface area contributed by atoms with Crippen LogP contribution in [0, 0.1) is 0 Å². The maximum Gasteiger partial charge on any atom is 0.335 e. The normalized spacial score (nSPS) is 9.11. The third kappa shape index (κ3) is 3.71. The lowest BCUT2D eigenvalue weighted by atomic mass is 10.2. The van der Waals surface area contributed by atoms with Gasteiger partial charge in [0.25, 0.3) is 0 Å². The highest BCUT2D eigenvalue weighted by Gasteiger charge is 1.99. The zero-order valence-electron chi connectivity index (χ0n) is 9.45. The molecule has 0 saturated heterocycles. The molecule has 5 heteroatoms. The minimum atomic E-state index is -0.879. The van der Waals surface area contributed by atoms with Crippen LogP contribution in [0.2, 0.25) is 0 Å². The number of benzene rings is 2. The molecule has 94 valence electrons. The molecule has 0 radical (unpaired) electrons. The van der Waals surface area contributed by atoms with Crippen molar-refractivity contribution in [3.8, 4) is 11.5 Å². The minimum absolute atomic E-state index is 0.185. The van der Waals surface area contributed by atoms with Gasteiger partial charge in [0, 0.05) is 0 Å². The molecule has 5 nitrogen and oxygen atoms in total. The quantitative estimate of drug-likeness (QED) is 0.456. The predicted molar refractivity (Wildman–Crippen MR) is 67.6 cm³/mol. The van der Waals surface area contributed by atoms with Crippen molar-refractivity contribution in [2.45, 2.75) is 0 Å². The SMILES string of the molecule is Nc1cccc(O)c1O.O=C(O)c1ccccc1. The van der Waals surface area contributed by atoms with E-state index in [1.807, 2.05) is 0 Å². The topological polar surface area (TPSA) is 104 Å². The molecule has 0 heterocycles. The molecule has 0 fully saturated rings. The number of carboxylic acids is 1. The number of hydrogen-bond acceptors (Lipinski definition) is 4. The summed E-state index contributed by atoms with van der Waals surface area (Å²) in [6.45, 7) is 0. The van der Waals surface area contributed by atoms with Crippen LogP contribution in [0.25, 0.3) is 0 Å². The highest BCUT2D eigenvalue weighted by Crippen LogP contribution is 2.29. The summed E-state index contributed by atoms with van der Waals surface area (Å²) in [5.41, 5.74) is 5.73. The first-order valence-corrected chi connectivity index (χ1v) is 5.07. The molecule has 0 aliphatic carbocycles. The van der Waals surface area contributed by atoms with Crippen molar-refractivity contribution in [1.82, 2.24) is 0 Å². The molecule has 0 unspecified atom stereocenters. The number of aromatic carboxylic acids is 1. The molecule has 0 saturated carbocycles. The van der Waals surface area contributed by atoms with E-state index in [0.717, 1.165) is 0 Å². The lowest BCUT2D eigenvalue weighted by molar-refractivity contribution is 0.0697. The number of para-hydroxylation sites is 1. The van der Waals surface area contributed by atoms with E-state index in [4.69, 9.17) is 21.1 Å². The van der Waals surface area contributed by atoms with Crippen molar-refractivity contribution in [3.63, 3.8) is 0 Å². The minimum Gasteiger partial charge on any atom is -0.504 e. The Hall–Kier alpha value is -2.69. The maximum atomic E-state index is 10.2. The van der Waals surface area contributed by atoms with E-state index in [-0.39, 0.29) is 17.2 Å². The van der Waals surface area contributed by atoms with E-state index in [2.05, 4.69) is 0 Å². The van der Waals surface area contributed by atoms with Crippen LogP contribution in [0.15, 0.2) is 48.5 Å². The van der Waals surface area contributed by atoms with Gasteiger partial charge in [-0.05, 0) is 24.3 Å². The lowest BCUT2D eigenvalue weighted by Gasteiger charge is -1.97. The molecule has 2 aromatic carbocycles. The number of carbonyl (C=O) groups is 1. The fourth-order valence-corrected chi connectivity index (χ4v) is 1.13. The molecule has 0 spiro atoms. The fraction of sp³-hybridized carbons (Fsp3) is 0. The summed E-state index contributed by atoms with van der Waals surface area (Å²) in [6, 6.07) is 12.7. The third-order valence-corrected chi connectivity index (χ3v) is 2.07. The Bertz CT molecular complexity index is 506. The van der Waals surface area contributed by atoms with Crippen molar-refractivity contribution in [1.29, 1.82) is 0 Å². The number of rotatable bonds is 1. The molecule has 2 aromatic rings. The number of phenols is 2. The monoisotopic (exact) mass is 247 g/mol. The average molecular weight is 247 g/mol. The van der Waals surface area contributed by atoms with Gasteiger partial charge in [-0.1, -0.05) is 24.3 Å². The molecule has 18 heavy (non-hydrogen) atoms. The van der Waals surface area contributed by atoms with Gasteiger partial charge in [0.1, 0.15) is 0 Å². The zero-order chi connectivity index (χ0) is 13.5. The zero-order valence-corrected chi connectivity index (χ0v) is 9.45. The Balaban J connectivity index is 0.000000180. The summed E-state index contributed by atoms with van der Waals surface area (Å²) in [5, 5.41) is 26.0. The molecule has 0 bridgehead atoms. The smallest absolute Gasteiger partial charge is 0.335 e. The molecule has 5 N–H and O–H groups in total. The van der Waals surface area contributed by atoms with Crippen molar-refractivity contribution in [2.24, 2.45) is 0 Å². The van der Waals surface area contributed by atoms with E-state index in [9.17, 15) is 4.79 Å². The van der Waals surface area contributed by atoms with Gasteiger partial charge >= 0.3 is 5.97 Å². The number of nitrogen functional groups attached to an aromatic ring is 1. The molecule has 2 rings (SSSR count). The average Bonchev–Trinajstić information content (AvgIpc) is 2.38. The Morgan fingerprint density at radius 1 is 0.944 bits per heavy atom. The number of nitrogens with two attached hydrogens (primary N) is 1. The van der Waals surface area contributed by atoms with Gasteiger partial charge in [0.05, 0.1) is 11.3 Å².